The van der Waals surface area contributed by atoms with Gasteiger partial charge in [-0.3, -0.25) is 0 Å². The fraction of sp³-hybridized carbons (Fsp3) is 0.800. The Labute approximate surface area is 70.1 Å². The van der Waals surface area contributed by atoms with Crippen molar-refractivity contribution in [2.45, 2.75) is 39.5 Å². The predicted molar refractivity (Wildman–Crippen MR) is 49.5 cm³/mol. The number of nitrogens with zero attached hydrogens (tertiary/aromatic N) is 1. The second-order valence-corrected chi connectivity index (χ2v) is 3.22. The normalized spacial score (nSPS) is 17.3. The predicted octanol–water partition coefficient (Wildman–Crippen LogP) is 2.79. The standard InChI is InChI=1S/C10H19N/c1-3-6-10-7-5-9-11(10)8-4-2/h7H,3-6,8-9H2,1-2H3. The van der Waals surface area contributed by atoms with E-state index >= 15 is 0 Å². The molecule has 1 heteroatoms. The summed E-state index contributed by atoms with van der Waals surface area (Å²) in [5.74, 6) is 0. The Kier molecular flexibility index (Phi) is 3.47. The lowest BCUT2D eigenvalue weighted by atomic mass is 10.2. The van der Waals surface area contributed by atoms with Crippen LogP contribution >= 0.6 is 0 Å². The van der Waals surface area contributed by atoms with Gasteiger partial charge in [0.1, 0.15) is 0 Å². The zero-order valence-electron chi connectivity index (χ0n) is 7.77. The molecule has 0 aromatic carbocycles. The van der Waals surface area contributed by atoms with Gasteiger partial charge in [0.2, 0.25) is 0 Å². The monoisotopic (exact) mass is 153 g/mol. The molecule has 0 unspecified atom stereocenters. The molecule has 0 amide bonds. The molecule has 0 saturated carbocycles. The van der Waals surface area contributed by atoms with Gasteiger partial charge >= 0.3 is 0 Å². The maximum atomic E-state index is 2.53. The van der Waals surface area contributed by atoms with Crippen LogP contribution in [-0.2, 0) is 0 Å². The number of allylic oxidation sites excluding steroid dienone is 1. The molecule has 0 saturated heterocycles. The van der Waals surface area contributed by atoms with Crippen molar-refractivity contribution in [2.75, 3.05) is 13.1 Å². The van der Waals surface area contributed by atoms with Crippen LogP contribution in [0.4, 0.5) is 0 Å². The minimum atomic E-state index is 1.26. The molecule has 0 bridgehead atoms. The van der Waals surface area contributed by atoms with Crippen molar-refractivity contribution in [3.63, 3.8) is 0 Å². The van der Waals surface area contributed by atoms with Crippen LogP contribution in [0.25, 0.3) is 0 Å². The highest BCUT2D eigenvalue weighted by atomic mass is 15.1. The van der Waals surface area contributed by atoms with Gasteiger partial charge in [-0.15, -0.1) is 0 Å². The van der Waals surface area contributed by atoms with E-state index in [1.165, 1.54) is 38.8 Å². The number of rotatable bonds is 4. The minimum Gasteiger partial charge on any atom is -0.375 e. The summed E-state index contributed by atoms with van der Waals surface area (Å²) < 4.78 is 0. The molecule has 64 valence electrons. The molecule has 1 rings (SSSR count). The Morgan fingerprint density at radius 1 is 1.36 bits per heavy atom. The third-order valence-electron chi connectivity index (χ3n) is 2.18. The van der Waals surface area contributed by atoms with Crippen molar-refractivity contribution in [1.82, 2.24) is 4.90 Å². The molecule has 1 nitrogen and oxygen atoms in total. The molecule has 0 fully saturated rings. The van der Waals surface area contributed by atoms with Crippen molar-refractivity contribution in [3.05, 3.63) is 11.8 Å². The van der Waals surface area contributed by atoms with Gasteiger partial charge in [-0.2, -0.15) is 0 Å². The third-order valence-corrected chi connectivity index (χ3v) is 2.18. The van der Waals surface area contributed by atoms with Crippen LogP contribution < -0.4 is 0 Å². The first-order valence-electron chi connectivity index (χ1n) is 4.82. The fourth-order valence-corrected chi connectivity index (χ4v) is 1.70. The van der Waals surface area contributed by atoms with E-state index in [0.29, 0.717) is 0 Å². The molecule has 0 atom stereocenters. The smallest absolute Gasteiger partial charge is 0.0210 e. The van der Waals surface area contributed by atoms with E-state index < -0.39 is 0 Å². The van der Waals surface area contributed by atoms with Crippen molar-refractivity contribution in [2.24, 2.45) is 0 Å². The summed E-state index contributed by atoms with van der Waals surface area (Å²) in [5.41, 5.74) is 1.59. The van der Waals surface area contributed by atoms with Gasteiger partial charge in [-0.25, -0.2) is 0 Å². The summed E-state index contributed by atoms with van der Waals surface area (Å²) in [7, 11) is 0. The minimum absolute atomic E-state index is 1.26. The Bertz CT molecular complexity index is 138. The van der Waals surface area contributed by atoms with Gasteiger partial charge in [0.05, 0.1) is 0 Å². The molecule has 0 aromatic heterocycles. The second-order valence-electron chi connectivity index (χ2n) is 3.22. The maximum Gasteiger partial charge on any atom is 0.0210 e. The average molecular weight is 153 g/mol. The average Bonchev–Trinajstić information content (AvgIpc) is 2.39. The molecule has 0 radical (unpaired) electrons. The topological polar surface area (TPSA) is 3.24 Å². The quantitative estimate of drug-likeness (QED) is 0.600. The highest BCUT2D eigenvalue weighted by Crippen LogP contribution is 2.19. The van der Waals surface area contributed by atoms with Crippen LogP contribution in [0.15, 0.2) is 11.8 Å². The molecular formula is C10H19N. The summed E-state index contributed by atoms with van der Waals surface area (Å²) in [4.78, 5) is 2.53. The first-order valence-corrected chi connectivity index (χ1v) is 4.82. The lowest BCUT2D eigenvalue weighted by Crippen LogP contribution is -2.20. The van der Waals surface area contributed by atoms with E-state index in [-0.39, 0.29) is 0 Å². The SMILES string of the molecule is CCCC1=CCCN1CCC. The Morgan fingerprint density at radius 3 is 2.82 bits per heavy atom. The highest BCUT2D eigenvalue weighted by Gasteiger charge is 2.11. The summed E-state index contributed by atoms with van der Waals surface area (Å²) in [5, 5.41) is 0. The summed E-state index contributed by atoms with van der Waals surface area (Å²) in [6.07, 6.45) is 7.52. The molecule has 0 N–H and O–H groups in total. The van der Waals surface area contributed by atoms with Gasteiger partial charge in [-0.05, 0) is 19.3 Å². The number of hydrogen-bond donors (Lipinski definition) is 0. The molecule has 11 heavy (non-hydrogen) atoms. The van der Waals surface area contributed by atoms with Gasteiger partial charge in [0.15, 0.2) is 0 Å². The van der Waals surface area contributed by atoms with Crippen LogP contribution in [0, 0.1) is 0 Å². The van der Waals surface area contributed by atoms with Crippen LogP contribution in [-0.4, -0.2) is 18.0 Å². The van der Waals surface area contributed by atoms with Crippen molar-refractivity contribution in [1.29, 1.82) is 0 Å². The summed E-state index contributed by atoms with van der Waals surface area (Å²) >= 11 is 0. The molecule has 1 heterocycles. The Balaban J connectivity index is 2.35. The largest absolute Gasteiger partial charge is 0.375 e. The first kappa shape index (κ1) is 8.63. The molecule has 1 aliphatic rings. The number of hydrogen-bond acceptors (Lipinski definition) is 1. The van der Waals surface area contributed by atoms with Crippen molar-refractivity contribution >= 4 is 0 Å². The fourth-order valence-electron chi connectivity index (χ4n) is 1.70. The van der Waals surface area contributed by atoms with Gasteiger partial charge in [-0.1, -0.05) is 26.3 Å². The molecule has 0 spiro atoms. The maximum absolute atomic E-state index is 2.53. The van der Waals surface area contributed by atoms with E-state index in [0.717, 1.165) is 0 Å². The first-order chi connectivity index (χ1) is 5.38. The van der Waals surface area contributed by atoms with E-state index in [1.807, 2.05) is 0 Å². The Morgan fingerprint density at radius 2 is 2.18 bits per heavy atom. The summed E-state index contributed by atoms with van der Waals surface area (Å²) in [6.45, 7) is 7.03. The van der Waals surface area contributed by atoms with E-state index in [9.17, 15) is 0 Å². The van der Waals surface area contributed by atoms with E-state index in [2.05, 4.69) is 24.8 Å². The molecule has 0 aliphatic carbocycles. The lowest BCUT2D eigenvalue weighted by molar-refractivity contribution is 0.363. The molecule has 0 aromatic rings. The zero-order chi connectivity index (χ0) is 8.10. The van der Waals surface area contributed by atoms with Gasteiger partial charge < -0.3 is 4.90 Å². The van der Waals surface area contributed by atoms with Crippen LogP contribution in [0.3, 0.4) is 0 Å². The van der Waals surface area contributed by atoms with Crippen LogP contribution in [0.5, 0.6) is 0 Å². The van der Waals surface area contributed by atoms with Crippen LogP contribution in [0.2, 0.25) is 0 Å². The van der Waals surface area contributed by atoms with E-state index in [1.54, 1.807) is 5.70 Å². The van der Waals surface area contributed by atoms with Crippen molar-refractivity contribution in [3.8, 4) is 0 Å². The van der Waals surface area contributed by atoms with E-state index in [4.69, 9.17) is 0 Å². The second kappa shape index (κ2) is 4.42. The third kappa shape index (κ3) is 2.25. The Hall–Kier alpha value is -0.460. The van der Waals surface area contributed by atoms with Crippen molar-refractivity contribution < 1.29 is 0 Å². The van der Waals surface area contributed by atoms with Crippen LogP contribution in [0.1, 0.15) is 39.5 Å². The highest BCUT2D eigenvalue weighted by molar-refractivity contribution is 5.07. The van der Waals surface area contributed by atoms with Gasteiger partial charge in [0.25, 0.3) is 0 Å². The molecule has 1 aliphatic heterocycles. The zero-order valence-corrected chi connectivity index (χ0v) is 7.77. The van der Waals surface area contributed by atoms with Gasteiger partial charge in [0, 0.05) is 18.8 Å². The summed E-state index contributed by atoms with van der Waals surface area (Å²) in [6, 6.07) is 0. The lowest BCUT2D eigenvalue weighted by Gasteiger charge is -2.21. The molecular weight excluding hydrogens is 134 g/mol.